The Labute approximate surface area is 225 Å². The van der Waals surface area contributed by atoms with Crippen LogP contribution in [0.15, 0.2) is 59.9 Å². The van der Waals surface area contributed by atoms with Gasteiger partial charge < -0.3 is 18.9 Å². The zero-order chi connectivity index (χ0) is 27.3. The number of amides is 1. The Hall–Kier alpha value is -3.17. The Bertz CT molecular complexity index is 1340. The third kappa shape index (κ3) is 6.63. The summed E-state index contributed by atoms with van der Waals surface area (Å²) < 4.78 is 40.0. The highest BCUT2D eigenvalue weighted by molar-refractivity contribution is 7.90. The molecule has 0 spiro atoms. The van der Waals surface area contributed by atoms with E-state index in [2.05, 4.69) is 4.98 Å². The summed E-state index contributed by atoms with van der Waals surface area (Å²) in [7, 11) is -2.14. The van der Waals surface area contributed by atoms with E-state index in [4.69, 9.17) is 9.47 Å². The van der Waals surface area contributed by atoms with Crippen molar-refractivity contribution in [3.63, 3.8) is 0 Å². The molecule has 1 aliphatic heterocycles. The number of aryl methyl sites for hydroxylation is 1. The Morgan fingerprint density at radius 2 is 1.92 bits per heavy atom. The highest BCUT2D eigenvalue weighted by Crippen LogP contribution is 2.24. The molecule has 1 atom stereocenters. The number of carbonyl (C=O) groups excluding carboxylic acids is 1. The maximum absolute atomic E-state index is 13.6. The Balaban J connectivity index is 1.66. The first-order chi connectivity index (χ1) is 18.2. The molecule has 1 fully saturated rings. The second kappa shape index (κ2) is 12.1. The number of hydrogen-bond acceptors (Lipinski definition) is 6. The van der Waals surface area contributed by atoms with E-state index in [0.29, 0.717) is 36.7 Å². The average molecular weight is 540 g/mol. The van der Waals surface area contributed by atoms with Gasteiger partial charge in [0.15, 0.2) is 0 Å². The summed E-state index contributed by atoms with van der Waals surface area (Å²) in [5.41, 5.74) is 2.89. The number of ether oxygens (including phenoxy) is 2. The van der Waals surface area contributed by atoms with Gasteiger partial charge in [0.1, 0.15) is 5.75 Å². The number of benzene rings is 2. The Morgan fingerprint density at radius 3 is 2.55 bits per heavy atom. The summed E-state index contributed by atoms with van der Waals surface area (Å²) in [6, 6.07) is 14.5. The summed E-state index contributed by atoms with van der Waals surface area (Å²) in [5.74, 6) is 0.577. The van der Waals surface area contributed by atoms with Crippen LogP contribution in [0.1, 0.15) is 53.9 Å². The minimum Gasteiger partial charge on any atom is -0.497 e. The number of methoxy groups -OCH3 is 1. The lowest BCUT2D eigenvalue weighted by atomic mass is 10.1. The van der Waals surface area contributed by atoms with Gasteiger partial charge in [-0.25, -0.2) is 13.4 Å². The van der Waals surface area contributed by atoms with Gasteiger partial charge in [0.2, 0.25) is 15.0 Å². The molecule has 1 saturated heterocycles. The van der Waals surface area contributed by atoms with Gasteiger partial charge in [-0.2, -0.15) is 0 Å². The van der Waals surface area contributed by atoms with E-state index in [1.165, 1.54) is 0 Å². The summed E-state index contributed by atoms with van der Waals surface area (Å²) in [4.78, 5) is 19.8. The van der Waals surface area contributed by atoms with Crippen molar-refractivity contribution < 1.29 is 22.7 Å². The molecular formula is C29H37N3O5S. The van der Waals surface area contributed by atoms with Crippen molar-refractivity contribution in [3.8, 4) is 5.75 Å². The van der Waals surface area contributed by atoms with Crippen molar-refractivity contribution in [1.29, 1.82) is 0 Å². The lowest BCUT2D eigenvalue weighted by Gasteiger charge is -2.26. The van der Waals surface area contributed by atoms with Crippen LogP contribution in [-0.4, -0.2) is 55.1 Å². The van der Waals surface area contributed by atoms with E-state index >= 15 is 0 Å². The standard InChI is InChI=1S/C29H37N3O5S/c1-21(2)17-32-25(16-30-29(32)38(34,35)20-24-9-6-5-8-22(24)3)18-31(19-27-10-7-15-37-27)28(33)23-11-13-26(36-4)14-12-23/h5-6,8-9,11-14,16,21,27H,7,10,15,17-20H2,1-4H3/t27-/m0/s1. The van der Waals surface area contributed by atoms with Crippen LogP contribution >= 0.6 is 0 Å². The second-order valence-electron chi connectivity index (χ2n) is 10.3. The molecule has 38 heavy (non-hydrogen) atoms. The van der Waals surface area contributed by atoms with E-state index in [-0.39, 0.29) is 35.4 Å². The van der Waals surface area contributed by atoms with Gasteiger partial charge in [0, 0.05) is 25.3 Å². The van der Waals surface area contributed by atoms with Gasteiger partial charge in [-0.15, -0.1) is 0 Å². The van der Waals surface area contributed by atoms with E-state index in [0.717, 1.165) is 24.0 Å². The number of imidazole rings is 1. The van der Waals surface area contributed by atoms with Crippen molar-refractivity contribution in [1.82, 2.24) is 14.5 Å². The minimum absolute atomic E-state index is 0.0402. The van der Waals surface area contributed by atoms with Crippen molar-refractivity contribution in [3.05, 3.63) is 77.1 Å². The van der Waals surface area contributed by atoms with Gasteiger partial charge in [0.25, 0.3) is 5.91 Å². The largest absolute Gasteiger partial charge is 0.497 e. The maximum atomic E-state index is 13.6. The van der Waals surface area contributed by atoms with Crippen molar-refractivity contribution >= 4 is 15.7 Å². The Kier molecular flexibility index (Phi) is 8.89. The fourth-order valence-corrected chi connectivity index (χ4v) is 6.34. The summed E-state index contributed by atoms with van der Waals surface area (Å²) in [6.45, 7) is 7.78. The quantitative estimate of drug-likeness (QED) is 0.352. The SMILES string of the molecule is COc1ccc(C(=O)N(Cc2cnc(S(=O)(=O)Cc3ccccc3C)n2CC(C)C)C[C@@H]2CCCO2)cc1. The fraction of sp³-hybridized carbons (Fsp3) is 0.448. The molecule has 0 saturated carbocycles. The van der Waals surface area contributed by atoms with Crippen molar-refractivity contribution in [2.75, 3.05) is 20.3 Å². The number of nitrogens with zero attached hydrogens (tertiary/aromatic N) is 3. The predicted molar refractivity (Wildman–Crippen MR) is 146 cm³/mol. The van der Waals surface area contributed by atoms with Crippen LogP contribution < -0.4 is 4.74 Å². The minimum atomic E-state index is -3.72. The third-order valence-corrected chi connectivity index (χ3v) is 8.33. The molecular weight excluding hydrogens is 502 g/mol. The molecule has 1 aliphatic rings. The van der Waals surface area contributed by atoms with E-state index in [1.807, 2.05) is 45.0 Å². The van der Waals surface area contributed by atoms with Crippen LogP contribution in [0.25, 0.3) is 0 Å². The van der Waals surface area contributed by atoms with Crippen LogP contribution in [0.5, 0.6) is 5.75 Å². The highest BCUT2D eigenvalue weighted by atomic mass is 32.2. The molecule has 0 radical (unpaired) electrons. The van der Waals surface area contributed by atoms with Gasteiger partial charge in [-0.3, -0.25) is 4.79 Å². The number of hydrogen-bond donors (Lipinski definition) is 0. The molecule has 2 aromatic carbocycles. The average Bonchev–Trinajstić information content (AvgIpc) is 3.55. The molecule has 2 heterocycles. The molecule has 0 aliphatic carbocycles. The van der Waals surface area contributed by atoms with Crippen LogP contribution in [0.3, 0.4) is 0 Å². The topological polar surface area (TPSA) is 90.7 Å². The van der Waals surface area contributed by atoms with Crippen LogP contribution in [0.4, 0.5) is 0 Å². The molecule has 0 N–H and O–H groups in total. The zero-order valence-electron chi connectivity index (χ0n) is 22.6. The number of carbonyl (C=O) groups is 1. The normalized spacial score (nSPS) is 15.7. The first-order valence-electron chi connectivity index (χ1n) is 13.0. The lowest BCUT2D eigenvalue weighted by Crippen LogP contribution is -2.37. The summed E-state index contributed by atoms with van der Waals surface area (Å²) in [6.07, 6.45) is 3.38. The van der Waals surface area contributed by atoms with Crippen LogP contribution in [0.2, 0.25) is 0 Å². The number of rotatable bonds is 11. The molecule has 0 bridgehead atoms. The second-order valence-corrected chi connectivity index (χ2v) is 12.2. The predicted octanol–water partition coefficient (Wildman–Crippen LogP) is 4.65. The van der Waals surface area contributed by atoms with Gasteiger partial charge >= 0.3 is 0 Å². The van der Waals surface area contributed by atoms with Crippen molar-refractivity contribution in [2.45, 2.75) is 63.7 Å². The first kappa shape index (κ1) is 27.9. The van der Waals surface area contributed by atoms with Gasteiger partial charge in [-0.1, -0.05) is 38.1 Å². The molecule has 1 aromatic heterocycles. The maximum Gasteiger partial charge on any atom is 0.254 e. The molecule has 8 nitrogen and oxygen atoms in total. The van der Waals surface area contributed by atoms with E-state index in [1.54, 1.807) is 47.0 Å². The molecule has 204 valence electrons. The molecule has 4 rings (SSSR count). The van der Waals surface area contributed by atoms with Crippen LogP contribution in [-0.2, 0) is 33.4 Å². The molecule has 1 amide bonds. The zero-order valence-corrected chi connectivity index (χ0v) is 23.4. The highest BCUT2D eigenvalue weighted by Gasteiger charge is 2.28. The van der Waals surface area contributed by atoms with E-state index in [9.17, 15) is 13.2 Å². The third-order valence-electron chi connectivity index (χ3n) is 6.76. The summed E-state index contributed by atoms with van der Waals surface area (Å²) in [5, 5.41) is 0.0402. The van der Waals surface area contributed by atoms with Crippen molar-refractivity contribution in [2.24, 2.45) is 5.92 Å². The fourth-order valence-electron chi connectivity index (χ4n) is 4.73. The smallest absolute Gasteiger partial charge is 0.254 e. The lowest BCUT2D eigenvalue weighted by molar-refractivity contribution is 0.0501. The van der Waals surface area contributed by atoms with Gasteiger partial charge in [0.05, 0.1) is 37.4 Å². The molecule has 3 aromatic rings. The van der Waals surface area contributed by atoms with E-state index < -0.39 is 9.84 Å². The summed E-state index contributed by atoms with van der Waals surface area (Å²) >= 11 is 0. The Morgan fingerprint density at radius 1 is 1.18 bits per heavy atom. The molecule has 0 unspecified atom stereocenters. The van der Waals surface area contributed by atoms with Crippen LogP contribution in [0, 0.1) is 12.8 Å². The molecule has 9 heteroatoms. The number of aromatic nitrogens is 2. The number of sulfone groups is 1. The monoisotopic (exact) mass is 539 g/mol. The first-order valence-corrected chi connectivity index (χ1v) is 14.7. The van der Waals surface area contributed by atoms with Gasteiger partial charge in [-0.05, 0) is 61.1 Å².